The number of nitrogens with zero attached hydrogens (tertiary/aromatic N) is 6. The third-order valence-electron chi connectivity index (χ3n) is 6.77. The number of H-pyrrole nitrogens is 1. The molecule has 3 aromatic heterocycles. The lowest BCUT2D eigenvalue weighted by Gasteiger charge is -2.32. The van der Waals surface area contributed by atoms with Gasteiger partial charge in [0.25, 0.3) is 5.91 Å². The van der Waals surface area contributed by atoms with E-state index in [1.165, 1.54) is 0 Å². The monoisotopic (exact) mass is 530 g/mol. The number of aromatic amines is 1. The Balaban J connectivity index is 1.26. The van der Waals surface area contributed by atoms with Crippen LogP contribution in [0.25, 0.3) is 22.3 Å². The van der Waals surface area contributed by atoms with Crippen molar-refractivity contribution in [2.75, 3.05) is 71.9 Å². The van der Waals surface area contributed by atoms with E-state index in [1.807, 2.05) is 53.2 Å². The van der Waals surface area contributed by atoms with Gasteiger partial charge in [-0.05, 0) is 50.5 Å². The average Bonchev–Trinajstić information content (AvgIpc) is 3.37. The maximum atomic E-state index is 13.0. The number of aliphatic hydroxyl groups is 1. The standard InChI is InChI=1S/C28H34N8O3/c1-34-9-11-36(12-10-34)27(38)26-18-20-17-21(3-4-23(20)32-26)31-28-30-8-6-24(33-28)25-19-22(5-7-29-25)39-16-14-35(2)13-15-37/h3-8,17-19,32,37H,9-16H2,1-2H3,(H,30,31,33). The molecule has 4 aromatic rings. The molecule has 0 saturated carbocycles. The number of anilines is 2. The number of ether oxygens (including phenoxy) is 1. The van der Waals surface area contributed by atoms with Crippen molar-refractivity contribution in [2.24, 2.45) is 0 Å². The number of fused-ring (bicyclic) bond motifs is 1. The Labute approximate surface area is 227 Å². The highest BCUT2D eigenvalue weighted by atomic mass is 16.5. The Morgan fingerprint density at radius 3 is 2.69 bits per heavy atom. The number of hydrogen-bond donors (Lipinski definition) is 3. The molecular formula is C28H34N8O3. The van der Waals surface area contributed by atoms with Gasteiger partial charge in [-0.1, -0.05) is 0 Å². The fourth-order valence-electron chi connectivity index (χ4n) is 4.44. The van der Waals surface area contributed by atoms with E-state index >= 15 is 0 Å². The molecular weight excluding hydrogens is 496 g/mol. The zero-order valence-corrected chi connectivity index (χ0v) is 22.3. The second-order valence-electron chi connectivity index (χ2n) is 9.72. The minimum atomic E-state index is 0.0285. The van der Waals surface area contributed by atoms with Crippen molar-refractivity contribution in [2.45, 2.75) is 0 Å². The normalized spacial score (nSPS) is 14.2. The predicted octanol–water partition coefficient (Wildman–Crippen LogP) is 2.45. The maximum Gasteiger partial charge on any atom is 0.270 e. The summed E-state index contributed by atoms with van der Waals surface area (Å²) in [5, 5.41) is 13.2. The molecule has 0 aliphatic carbocycles. The fourth-order valence-corrected chi connectivity index (χ4v) is 4.44. The molecule has 1 amide bonds. The van der Waals surface area contributed by atoms with Crippen LogP contribution >= 0.6 is 0 Å². The molecule has 5 rings (SSSR count). The number of amides is 1. The van der Waals surface area contributed by atoms with Gasteiger partial charge < -0.3 is 34.8 Å². The van der Waals surface area contributed by atoms with Crippen LogP contribution in [0.1, 0.15) is 10.5 Å². The van der Waals surface area contributed by atoms with E-state index in [2.05, 4.69) is 37.2 Å². The lowest BCUT2D eigenvalue weighted by molar-refractivity contribution is 0.0659. The molecule has 0 spiro atoms. The first kappa shape index (κ1) is 26.5. The van der Waals surface area contributed by atoms with Crippen LogP contribution < -0.4 is 10.1 Å². The van der Waals surface area contributed by atoms with Gasteiger partial charge in [0.15, 0.2) is 0 Å². The SMILES string of the molecule is CN(CCO)CCOc1ccnc(-c2ccnc(Nc3ccc4[nH]c(C(=O)N5CCN(C)CC5)cc4c3)n2)c1. The van der Waals surface area contributed by atoms with Crippen molar-refractivity contribution in [1.82, 2.24) is 34.6 Å². The lowest BCUT2D eigenvalue weighted by atomic mass is 10.2. The quantitative estimate of drug-likeness (QED) is 0.284. The Bertz CT molecular complexity index is 1420. The van der Waals surface area contributed by atoms with Crippen LogP contribution in [0.3, 0.4) is 0 Å². The van der Waals surface area contributed by atoms with Gasteiger partial charge >= 0.3 is 0 Å². The minimum absolute atomic E-state index is 0.0285. The molecule has 1 fully saturated rings. The van der Waals surface area contributed by atoms with Crippen LogP contribution in [0.15, 0.2) is 54.9 Å². The van der Waals surface area contributed by atoms with Crippen molar-refractivity contribution in [3.8, 4) is 17.1 Å². The second-order valence-corrected chi connectivity index (χ2v) is 9.72. The number of carbonyl (C=O) groups excluding carboxylic acids is 1. The first-order chi connectivity index (χ1) is 19.0. The van der Waals surface area contributed by atoms with Crippen molar-refractivity contribution in [3.63, 3.8) is 0 Å². The van der Waals surface area contributed by atoms with Gasteiger partial charge in [0, 0.05) is 74.3 Å². The molecule has 3 N–H and O–H groups in total. The molecule has 0 radical (unpaired) electrons. The van der Waals surface area contributed by atoms with Crippen molar-refractivity contribution >= 4 is 28.4 Å². The van der Waals surface area contributed by atoms with Crippen LogP contribution in [0.4, 0.5) is 11.6 Å². The number of rotatable bonds is 10. The average molecular weight is 531 g/mol. The lowest BCUT2D eigenvalue weighted by Crippen LogP contribution is -2.47. The number of aliphatic hydroxyl groups excluding tert-OH is 1. The first-order valence-electron chi connectivity index (χ1n) is 13.1. The minimum Gasteiger partial charge on any atom is -0.492 e. The topological polar surface area (TPSA) is 123 Å². The highest BCUT2D eigenvalue weighted by Crippen LogP contribution is 2.25. The largest absolute Gasteiger partial charge is 0.492 e. The maximum absolute atomic E-state index is 13.0. The molecule has 0 unspecified atom stereocenters. The summed E-state index contributed by atoms with van der Waals surface area (Å²) in [4.78, 5) is 35.8. The van der Waals surface area contributed by atoms with E-state index in [0.29, 0.717) is 48.5 Å². The van der Waals surface area contributed by atoms with E-state index in [1.54, 1.807) is 18.5 Å². The number of piperazine rings is 1. The van der Waals surface area contributed by atoms with E-state index < -0.39 is 0 Å². The molecule has 204 valence electrons. The van der Waals surface area contributed by atoms with Gasteiger partial charge in [-0.2, -0.15) is 0 Å². The first-order valence-corrected chi connectivity index (χ1v) is 13.1. The van der Waals surface area contributed by atoms with Crippen molar-refractivity contribution in [1.29, 1.82) is 0 Å². The Kier molecular flexibility index (Phi) is 8.30. The molecule has 11 nitrogen and oxygen atoms in total. The summed E-state index contributed by atoms with van der Waals surface area (Å²) in [7, 11) is 4.01. The zero-order chi connectivity index (χ0) is 27.2. The summed E-state index contributed by atoms with van der Waals surface area (Å²) in [6, 6.07) is 13.2. The van der Waals surface area contributed by atoms with Crippen molar-refractivity contribution in [3.05, 3.63) is 60.6 Å². The Morgan fingerprint density at radius 2 is 1.87 bits per heavy atom. The highest BCUT2D eigenvalue weighted by Gasteiger charge is 2.21. The summed E-state index contributed by atoms with van der Waals surface area (Å²) in [5.74, 6) is 1.17. The number of hydrogen-bond acceptors (Lipinski definition) is 9. The molecule has 0 bridgehead atoms. The predicted molar refractivity (Wildman–Crippen MR) is 150 cm³/mol. The van der Waals surface area contributed by atoms with Crippen LogP contribution in [0.2, 0.25) is 0 Å². The summed E-state index contributed by atoms with van der Waals surface area (Å²) in [6.45, 7) is 5.17. The Morgan fingerprint density at radius 1 is 1.05 bits per heavy atom. The van der Waals surface area contributed by atoms with Crippen LogP contribution in [0.5, 0.6) is 5.75 Å². The molecule has 1 aliphatic heterocycles. The fraction of sp³-hybridized carbons (Fsp3) is 0.357. The molecule has 39 heavy (non-hydrogen) atoms. The van der Waals surface area contributed by atoms with Crippen LogP contribution in [-0.2, 0) is 0 Å². The number of aromatic nitrogens is 4. The smallest absolute Gasteiger partial charge is 0.270 e. The zero-order valence-electron chi connectivity index (χ0n) is 22.3. The second kappa shape index (κ2) is 12.2. The number of benzene rings is 1. The van der Waals surface area contributed by atoms with E-state index in [9.17, 15) is 4.79 Å². The summed E-state index contributed by atoms with van der Waals surface area (Å²) in [6.07, 6.45) is 3.38. The van der Waals surface area contributed by atoms with E-state index in [4.69, 9.17) is 9.84 Å². The van der Waals surface area contributed by atoms with Gasteiger partial charge in [0.2, 0.25) is 5.95 Å². The number of carbonyl (C=O) groups is 1. The summed E-state index contributed by atoms with van der Waals surface area (Å²) in [5.41, 5.74) is 3.65. The molecule has 1 aromatic carbocycles. The third-order valence-corrected chi connectivity index (χ3v) is 6.77. The number of likely N-dealkylation sites (N-methyl/N-ethyl adjacent to an activating group) is 2. The summed E-state index contributed by atoms with van der Waals surface area (Å²) < 4.78 is 5.86. The van der Waals surface area contributed by atoms with Gasteiger partial charge in [-0.15, -0.1) is 0 Å². The third kappa shape index (κ3) is 6.69. The molecule has 4 heterocycles. The molecule has 11 heteroatoms. The Hall–Kier alpha value is -4.06. The van der Waals surface area contributed by atoms with Crippen molar-refractivity contribution < 1.29 is 14.6 Å². The van der Waals surface area contributed by atoms with E-state index in [0.717, 1.165) is 42.8 Å². The van der Waals surface area contributed by atoms with Crippen LogP contribution in [-0.4, -0.2) is 112 Å². The molecule has 1 saturated heterocycles. The highest BCUT2D eigenvalue weighted by molar-refractivity contribution is 5.98. The number of nitrogens with one attached hydrogen (secondary N) is 2. The van der Waals surface area contributed by atoms with E-state index in [-0.39, 0.29) is 12.5 Å². The van der Waals surface area contributed by atoms with Gasteiger partial charge in [-0.3, -0.25) is 9.78 Å². The van der Waals surface area contributed by atoms with Gasteiger partial charge in [0.05, 0.1) is 18.0 Å². The number of pyridine rings is 1. The molecule has 1 aliphatic rings. The van der Waals surface area contributed by atoms with Gasteiger partial charge in [0.1, 0.15) is 18.1 Å². The molecule has 0 atom stereocenters. The van der Waals surface area contributed by atoms with Gasteiger partial charge in [-0.25, -0.2) is 9.97 Å². The van der Waals surface area contributed by atoms with Crippen LogP contribution in [0, 0.1) is 0 Å². The summed E-state index contributed by atoms with van der Waals surface area (Å²) >= 11 is 0.